The summed E-state index contributed by atoms with van der Waals surface area (Å²) in [4.78, 5) is 27.2. The molecule has 1 aliphatic heterocycles. The highest BCUT2D eigenvalue weighted by molar-refractivity contribution is 9.10. The van der Waals surface area contributed by atoms with Crippen molar-refractivity contribution in [3.05, 3.63) is 64.1 Å². The normalized spacial score (nSPS) is 15.2. The fourth-order valence-electron chi connectivity index (χ4n) is 3.42. The van der Waals surface area contributed by atoms with Gasteiger partial charge in [0, 0.05) is 16.9 Å². The number of benzene rings is 2. The van der Waals surface area contributed by atoms with Crippen LogP contribution in [0, 0.1) is 5.92 Å². The van der Waals surface area contributed by atoms with Gasteiger partial charge in [0.05, 0.1) is 17.9 Å². The lowest BCUT2D eigenvalue weighted by atomic mass is 9.95. The fraction of sp³-hybridized carbons (Fsp3) is 0.364. The quantitative estimate of drug-likeness (QED) is 0.667. The van der Waals surface area contributed by atoms with Gasteiger partial charge in [0.1, 0.15) is 0 Å². The number of anilines is 1. The number of esters is 1. The standard InChI is InChI=1S/C22H25BrN2O3/c1-2-28-22(27)19-5-3-4-6-20(19)24-21(26)17-11-13-25(14-12-17)15-16-7-9-18(23)10-8-16/h3-10,17H,2,11-15H2,1H3,(H,24,26). The van der Waals surface area contributed by atoms with Crippen molar-refractivity contribution in [1.82, 2.24) is 4.90 Å². The van der Waals surface area contributed by atoms with Crippen LogP contribution in [-0.2, 0) is 16.1 Å². The van der Waals surface area contributed by atoms with E-state index in [-0.39, 0.29) is 11.8 Å². The largest absolute Gasteiger partial charge is 0.462 e. The van der Waals surface area contributed by atoms with Crippen LogP contribution in [0.5, 0.6) is 0 Å². The van der Waals surface area contributed by atoms with E-state index < -0.39 is 5.97 Å². The topological polar surface area (TPSA) is 58.6 Å². The van der Waals surface area contributed by atoms with Crippen LogP contribution in [-0.4, -0.2) is 36.5 Å². The number of hydrogen-bond acceptors (Lipinski definition) is 4. The minimum atomic E-state index is -0.414. The highest BCUT2D eigenvalue weighted by Crippen LogP contribution is 2.23. The summed E-state index contributed by atoms with van der Waals surface area (Å²) >= 11 is 3.46. The molecule has 1 N–H and O–H groups in total. The molecule has 1 heterocycles. The van der Waals surface area contributed by atoms with E-state index in [4.69, 9.17) is 4.74 Å². The first-order valence-electron chi connectivity index (χ1n) is 9.60. The van der Waals surface area contributed by atoms with E-state index in [1.54, 1.807) is 31.2 Å². The Morgan fingerprint density at radius 2 is 1.79 bits per heavy atom. The molecular weight excluding hydrogens is 420 g/mol. The van der Waals surface area contributed by atoms with Crippen molar-refractivity contribution in [2.24, 2.45) is 5.92 Å². The molecule has 0 atom stereocenters. The van der Waals surface area contributed by atoms with Crippen LogP contribution < -0.4 is 5.32 Å². The summed E-state index contributed by atoms with van der Waals surface area (Å²) < 4.78 is 6.15. The summed E-state index contributed by atoms with van der Waals surface area (Å²) in [7, 11) is 0. The average Bonchev–Trinajstić information content (AvgIpc) is 2.71. The molecule has 2 aromatic rings. The molecule has 0 spiro atoms. The molecule has 3 rings (SSSR count). The van der Waals surface area contributed by atoms with Gasteiger partial charge in [-0.25, -0.2) is 4.79 Å². The molecule has 6 heteroatoms. The van der Waals surface area contributed by atoms with Gasteiger partial charge in [-0.1, -0.05) is 40.2 Å². The van der Waals surface area contributed by atoms with E-state index in [1.807, 2.05) is 0 Å². The molecule has 1 aliphatic rings. The molecule has 0 saturated carbocycles. The maximum Gasteiger partial charge on any atom is 0.340 e. The number of carbonyl (C=O) groups is 2. The van der Waals surface area contributed by atoms with Crippen LogP contribution in [0.1, 0.15) is 35.7 Å². The fourth-order valence-corrected chi connectivity index (χ4v) is 3.68. The Balaban J connectivity index is 1.54. The third-order valence-electron chi connectivity index (χ3n) is 4.96. The lowest BCUT2D eigenvalue weighted by Crippen LogP contribution is -2.37. The highest BCUT2D eigenvalue weighted by Gasteiger charge is 2.26. The van der Waals surface area contributed by atoms with E-state index >= 15 is 0 Å². The van der Waals surface area contributed by atoms with Gasteiger partial charge in [0.25, 0.3) is 0 Å². The first-order chi connectivity index (χ1) is 13.6. The monoisotopic (exact) mass is 444 g/mol. The van der Waals surface area contributed by atoms with Crippen molar-refractivity contribution in [3.8, 4) is 0 Å². The smallest absolute Gasteiger partial charge is 0.340 e. The van der Waals surface area contributed by atoms with Crippen LogP contribution in [0.2, 0.25) is 0 Å². The predicted octanol–water partition coefficient (Wildman–Crippen LogP) is 4.48. The number of nitrogens with one attached hydrogen (secondary N) is 1. The summed E-state index contributed by atoms with van der Waals surface area (Å²) in [5.74, 6) is -0.487. The van der Waals surface area contributed by atoms with Crippen molar-refractivity contribution in [2.45, 2.75) is 26.3 Å². The molecule has 28 heavy (non-hydrogen) atoms. The zero-order valence-electron chi connectivity index (χ0n) is 16.0. The Kier molecular flexibility index (Phi) is 7.23. The summed E-state index contributed by atoms with van der Waals surface area (Å²) in [5.41, 5.74) is 2.18. The Morgan fingerprint density at radius 3 is 2.46 bits per heavy atom. The molecule has 0 aliphatic carbocycles. The molecule has 148 valence electrons. The number of para-hydroxylation sites is 1. The van der Waals surface area contributed by atoms with Crippen LogP contribution in [0.25, 0.3) is 0 Å². The van der Waals surface area contributed by atoms with Gasteiger partial charge in [-0.15, -0.1) is 0 Å². The minimum absolute atomic E-state index is 0.0277. The molecule has 0 bridgehead atoms. The van der Waals surface area contributed by atoms with Crippen molar-refractivity contribution in [2.75, 3.05) is 25.0 Å². The van der Waals surface area contributed by atoms with Gasteiger partial charge in [-0.2, -0.15) is 0 Å². The van der Waals surface area contributed by atoms with Crippen molar-refractivity contribution < 1.29 is 14.3 Å². The zero-order valence-corrected chi connectivity index (χ0v) is 17.6. The van der Waals surface area contributed by atoms with Crippen molar-refractivity contribution in [1.29, 1.82) is 0 Å². The zero-order chi connectivity index (χ0) is 19.9. The molecule has 1 amide bonds. The van der Waals surface area contributed by atoms with Crippen LogP contribution >= 0.6 is 15.9 Å². The number of ether oxygens (including phenoxy) is 1. The van der Waals surface area contributed by atoms with E-state index in [1.165, 1.54) is 5.56 Å². The maximum absolute atomic E-state index is 12.7. The van der Waals surface area contributed by atoms with Crippen molar-refractivity contribution >= 4 is 33.5 Å². The Labute approximate surface area is 174 Å². The molecular formula is C22H25BrN2O3. The summed E-state index contributed by atoms with van der Waals surface area (Å²) in [6.07, 6.45) is 1.62. The first-order valence-corrected chi connectivity index (χ1v) is 10.4. The third-order valence-corrected chi connectivity index (χ3v) is 5.49. The SMILES string of the molecule is CCOC(=O)c1ccccc1NC(=O)C1CCN(Cc2ccc(Br)cc2)CC1. The number of likely N-dealkylation sites (tertiary alicyclic amines) is 1. The summed E-state index contributed by atoms with van der Waals surface area (Å²) in [6, 6.07) is 15.3. The summed E-state index contributed by atoms with van der Waals surface area (Å²) in [5, 5.41) is 2.93. The number of piperidine rings is 1. The lowest BCUT2D eigenvalue weighted by Gasteiger charge is -2.31. The second-order valence-corrected chi connectivity index (χ2v) is 7.85. The number of hydrogen-bond donors (Lipinski definition) is 1. The van der Waals surface area contributed by atoms with E-state index in [0.717, 1.165) is 36.9 Å². The number of rotatable bonds is 6. The van der Waals surface area contributed by atoms with E-state index in [0.29, 0.717) is 17.9 Å². The number of amides is 1. The van der Waals surface area contributed by atoms with E-state index in [9.17, 15) is 9.59 Å². The van der Waals surface area contributed by atoms with Gasteiger partial charge < -0.3 is 10.1 Å². The summed E-state index contributed by atoms with van der Waals surface area (Å²) in [6.45, 7) is 4.73. The molecule has 1 fully saturated rings. The molecule has 0 radical (unpaired) electrons. The molecule has 0 aromatic heterocycles. The first kappa shape index (κ1) is 20.6. The van der Waals surface area contributed by atoms with Gasteiger partial charge in [0.2, 0.25) is 5.91 Å². The van der Waals surface area contributed by atoms with Gasteiger partial charge in [0.15, 0.2) is 0 Å². The van der Waals surface area contributed by atoms with Crippen LogP contribution in [0.3, 0.4) is 0 Å². The van der Waals surface area contributed by atoms with Crippen molar-refractivity contribution in [3.63, 3.8) is 0 Å². The maximum atomic E-state index is 12.7. The number of carbonyl (C=O) groups excluding carboxylic acids is 2. The van der Waals surface area contributed by atoms with Gasteiger partial charge in [-0.05, 0) is 62.7 Å². The molecule has 2 aromatic carbocycles. The number of nitrogens with zero attached hydrogens (tertiary/aromatic N) is 1. The van der Waals surface area contributed by atoms with Crippen LogP contribution in [0.4, 0.5) is 5.69 Å². The molecule has 5 nitrogen and oxygen atoms in total. The predicted molar refractivity (Wildman–Crippen MR) is 113 cm³/mol. The van der Waals surface area contributed by atoms with Crippen LogP contribution in [0.15, 0.2) is 53.0 Å². The molecule has 0 unspecified atom stereocenters. The highest BCUT2D eigenvalue weighted by atomic mass is 79.9. The average molecular weight is 445 g/mol. The third kappa shape index (κ3) is 5.42. The minimum Gasteiger partial charge on any atom is -0.462 e. The van der Waals surface area contributed by atoms with E-state index in [2.05, 4.69) is 50.4 Å². The number of halogens is 1. The Hall–Kier alpha value is -2.18. The second kappa shape index (κ2) is 9.85. The lowest BCUT2D eigenvalue weighted by molar-refractivity contribution is -0.121. The second-order valence-electron chi connectivity index (χ2n) is 6.93. The van der Waals surface area contributed by atoms with Gasteiger partial charge >= 0.3 is 5.97 Å². The molecule has 1 saturated heterocycles. The Morgan fingerprint density at radius 1 is 1.11 bits per heavy atom. The Bertz CT molecular complexity index is 815. The van der Waals surface area contributed by atoms with Gasteiger partial charge in [-0.3, -0.25) is 9.69 Å².